The van der Waals surface area contributed by atoms with Crippen molar-refractivity contribution >= 4 is 28.1 Å². The van der Waals surface area contributed by atoms with Gasteiger partial charge < -0.3 is 9.47 Å². The van der Waals surface area contributed by atoms with Crippen molar-refractivity contribution in [2.75, 3.05) is 13.7 Å². The zero-order valence-electron chi connectivity index (χ0n) is 21.9. The van der Waals surface area contributed by atoms with E-state index in [4.69, 9.17) is 14.6 Å². The number of para-hydroxylation sites is 1. The molecule has 3 aromatic heterocycles. The van der Waals surface area contributed by atoms with E-state index in [0.717, 1.165) is 11.3 Å². The Morgan fingerprint density at radius 2 is 1.78 bits per heavy atom. The third kappa shape index (κ3) is 4.92. The highest BCUT2D eigenvalue weighted by Gasteiger charge is 2.20. The first-order chi connectivity index (χ1) is 19.9. The van der Waals surface area contributed by atoms with Gasteiger partial charge in [0, 0.05) is 29.0 Å². The molecule has 3 heterocycles. The van der Waals surface area contributed by atoms with Crippen LogP contribution in [0.1, 0.15) is 12.5 Å². The fraction of sp³-hybridized carbons (Fsp3) is 0.103. The molecule has 0 N–H and O–H groups in total. The summed E-state index contributed by atoms with van der Waals surface area (Å²) in [6.07, 6.45) is 3.49. The van der Waals surface area contributed by atoms with Gasteiger partial charge in [-0.3, -0.25) is 14.9 Å². The molecule has 0 aliphatic carbocycles. The quantitative estimate of drug-likeness (QED) is 0.194. The van der Waals surface area contributed by atoms with Crippen LogP contribution < -0.4 is 19.6 Å². The van der Waals surface area contributed by atoms with Gasteiger partial charge in [-0.1, -0.05) is 29.5 Å². The summed E-state index contributed by atoms with van der Waals surface area (Å²) in [4.78, 5) is 29.7. The summed E-state index contributed by atoms with van der Waals surface area (Å²) in [5.41, 5.74) is 2.64. The van der Waals surface area contributed by atoms with Crippen LogP contribution in [0.5, 0.6) is 11.5 Å². The third-order valence-electron chi connectivity index (χ3n) is 6.31. The predicted octanol–water partition coefficient (Wildman–Crippen LogP) is 4.53. The molecule has 6 aromatic rings. The fourth-order valence-electron chi connectivity index (χ4n) is 4.35. The van der Waals surface area contributed by atoms with Gasteiger partial charge in [0.25, 0.3) is 5.56 Å². The second-order valence-corrected chi connectivity index (χ2v) is 9.87. The van der Waals surface area contributed by atoms with E-state index in [1.165, 1.54) is 21.9 Å². The number of fused-ring (bicyclic) bond motifs is 1. The molecule has 0 aliphatic heterocycles. The second-order valence-electron chi connectivity index (χ2n) is 8.86. The lowest BCUT2D eigenvalue weighted by Gasteiger charge is -2.06. The molecule has 11 nitrogen and oxygen atoms in total. The number of hydrogen-bond donors (Lipinski definition) is 0. The highest BCUT2D eigenvalue weighted by Crippen LogP contribution is 2.34. The van der Waals surface area contributed by atoms with Crippen molar-refractivity contribution in [2.45, 2.75) is 6.92 Å². The van der Waals surface area contributed by atoms with Crippen LogP contribution in [0.25, 0.3) is 39.4 Å². The van der Waals surface area contributed by atoms with E-state index in [9.17, 15) is 14.9 Å². The number of hydrogen-bond acceptors (Lipinski definition) is 9. The monoisotopic (exact) mass is 566 g/mol. The Kier molecular flexibility index (Phi) is 6.73. The number of thiazole rings is 1. The molecule has 41 heavy (non-hydrogen) atoms. The summed E-state index contributed by atoms with van der Waals surface area (Å²) in [5, 5.41) is 21.0. The van der Waals surface area contributed by atoms with Crippen LogP contribution in [0, 0.1) is 10.1 Å². The molecule has 0 fully saturated rings. The first kappa shape index (κ1) is 25.9. The molecule has 0 radical (unpaired) electrons. The normalized spacial score (nSPS) is 11.7. The Morgan fingerprint density at radius 3 is 2.46 bits per heavy atom. The molecule has 0 unspecified atom stereocenters. The molecular formula is C29H22N6O5S. The number of methoxy groups -OCH3 is 1. The predicted molar refractivity (Wildman–Crippen MR) is 155 cm³/mol. The largest absolute Gasteiger partial charge is 0.497 e. The van der Waals surface area contributed by atoms with Crippen molar-refractivity contribution in [1.29, 1.82) is 0 Å². The number of benzene rings is 3. The van der Waals surface area contributed by atoms with Crippen molar-refractivity contribution in [2.24, 2.45) is 0 Å². The second kappa shape index (κ2) is 10.7. The smallest absolute Gasteiger partial charge is 0.311 e. The van der Waals surface area contributed by atoms with Crippen molar-refractivity contribution in [3.63, 3.8) is 0 Å². The molecule has 0 atom stereocenters. The Bertz CT molecular complexity index is 2000. The Hall–Kier alpha value is -5.36. The molecule has 0 saturated heterocycles. The van der Waals surface area contributed by atoms with E-state index in [1.54, 1.807) is 55.3 Å². The maximum Gasteiger partial charge on any atom is 0.311 e. The lowest BCUT2D eigenvalue weighted by atomic mass is 10.1. The van der Waals surface area contributed by atoms with Crippen molar-refractivity contribution in [1.82, 2.24) is 24.4 Å². The maximum absolute atomic E-state index is 13.3. The molecule has 0 amide bonds. The lowest BCUT2D eigenvalue weighted by molar-refractivity contribution is -0.385. The minimum absolute atomic E-state index is 0.168. The van der Waals surface area contributed by atoms with Gasteiger partial charge in [0.1, 0.15) is 11.4 Å². The van der Waals surface area contributed by atoms with Crippen LogP contribution in [0.2, 0.25) is 0 Å². The molecule has 0 spiro atoms. The maximum atomic E-state index is 13.3. The van der Waals surface area contributed by atoms with E-state index in [1.807, 2.05) is 42.5 Å². The standard InChI is InChI=1S/C29H22N6O5S/c1-3-40-24-14-11-19(15-23(24)35(37)38)26-20(17-33(31-26)21-7-5-4-6-8-21)16-25-28(36)34-29(41-25)30-27(32-34)18-9-12-22(39-2)13-10-18/h4-17H,3H2,1-2H3/b25-16-. The number of nitro groups is 1. The number of ether oxygens (including phenoxy) is 2. The molecule has 204 valence electrons. The van der Waals surface area contributed by atoms with E-state index < -0.39 is 4.92 Å². The van der Waals surface area contributed by atoms with Crippen LogP contribution in [0.15, 0.2) is 83.8 Å². The van der Waals surface area contributed by atoms with Crippen molar-refractivity contribution in [3.05, 3.63) is 110 Å². The molecule has 3 aromatic carbocycles. The fourth-order valence-corrected chi connectivity index (χ4v) is 5.25. The molecule has 6 rings (SSSR count). The summed E-state index contributed by atoms with van der Waals surface area (Å²) < 4.78 is 14.0. The molecule has 0 bridgehead atoms. The summed E-state index contributed by atoms with van der Waals surface area (Å²) in [5.74, 6) is 1.32. The van der Waals surface area contributed by atoms with Gasteiger partial charge in [-0.05, 0) is 61.5 Å². The molecule has 12 heteroatoms. The Morgan fingerprint density at radius 1 is 1.02 bits per heavy atom. The highest BCUT2D eigenvalue weighted by atomic mass is 32.1. The zero-order chi connectivity index (χ0) is 28.5. The molecule has 0 aliphatic rings. The Labute approximate surface area is 236 Å². The average Bonchev–Trinajstić information content (AvgIpc) is 3.69. The van der Waals surface area contributed by atoms with Gasteiger partial charge >= 0.3 is 5.69 Å². The van der Waals surface area contributed by atoms with Gasteiger partial charge in [-0.15, -0.1) is 5.10 Å². The van der Waals surface area contributed by atoms with E-state index in [2.05, 4.69) is 10.1 Å². The first-order valence-electron chi connectivity index (χ1n) is 12.6. The van der Waals surface area contributed by atoms with Gasteiger partial charge in [0.15, 0.2) is 11.6 Å². The van der Waals surface area contributed by atoms with Crippen LogP contribution in [0.3, 0.4) is 0 Å². The topological polar surface area (TPSA) is 127 Å². The van der Waals surface area contributed by atoms with Crippen molar-refractivity contribution in [3.8, 4) is 39.8 Å². The van der Waals surface area contributed by atoms with Gasteiger partial charge in [-0.2, -0.15) is 14.6 Å². The SMILES string of the molecule is CCOc1ccc(-c2nn(-c3ccccc3)cc2/C=c2\sc3nc(-c4ccc(OC)cc4)nn3c2=O)cc1[N+](=O)[O-]. The number of nitro benzene ring substituents is 1. The van der Waals surface area contributed by atoms with Gasteiger partial charge in [0.05, 0.1) is 28.9 Å². The number of rotatable bonds is 8. The highest BCUT2D eigenvalue weighted by molar-refractivity contribution is 7.15. The molecular weight excluding hydrogens is 544 g/mol. The average molecular weight is 567 g/mol. The summed E-state index contributed by atoms with van der Waals surface area (Å²) in [7, 11) is 1.59. The van der Waals surface area contributed by atoms with Crippen LogP contribution in [0.4, 0.5) is 5.69 Å². The first-order valence-corrected chi connectivity index (χ1v) is 13.4. The van der Waals surface area contributed by atoms with Crippen LogP contribution >= 0.6 is 11.3 Å². The minimum atomic E-state index is -0.484. The summed E-state index contributed by atoms with van der Waals surface area (Å²) >= 11 is 1.20. The lowest BCUT2D eigenvalue weighted by Crippen LogP contribution is -2.23. The molecule has 0 saturated carbocycles. The van der Waals surface area contributed by atoms with Crippen LogP contribution in [-0.2, 0) is 0 Å². The zero-order valence-corrected chi connectivity index (χ0v) is 22.7. The van der Waals surface area contributed by atoms with E-state index in [-0.39, 0.29) is 17.0 Å². The number of nitrogens with zero attached hydrogens (tertiary/aromatic N) is 6. The number of aromatic nitrogens is 5. The van der Waals surface area contributed by atoms with Crippen LogP contribution in [-0.4, -0.2) is 43.0 Å². The van der Waals surface area contributed by atoms with E-state index in [0.29, 0.717) is 44.5 Å². The Balaban J connectivity index is 1.47. The summed E-state index contributed by atoms with van der Waals surface area (Å²) in [6, 6.07) is 21.4. The van der Waals surface area contributed by atoms with Gasteiger partial charge in [0.2, 0.25) is 4.96 Å². The van der Waals surface area contributed by atoms with Gasteiger partial charge in [-0.25, -0.2) is 4.68 Å². The van der Waals surface area contributed by atoms with Crippen molar-refractivity contribution < 1.29 is 14.4 Å². The minimum Gasteiger partial charge on any atom is -0.497 e. The summed E-state index contributed by atoms with van der Waals surface area (Å²) in [6.45, 7) is 2.06. The van der Waals surface area contributed by atoms with E-state index >= 15 is 0 Å². The third-order valence-corrected chi connectivity index (χ3v) is 7.27.